The third kappa shape index (κ3) is 38.0. The van der Waals surface area contributed by atoms with Crippen LogP contribution in [0.15, 0.2) is 0 Å². The number of carboxylic acids is 3. The molecule has 2 amide bonds. The molecule has 25 heteroatoms. The molecule has 0 aromatic heterocycles. The number of unbranched alkanes of at least 4 members (excludes halogenated alkanes) is 4. The van der Waals surface area contributed by atoms with Gasteiger partial charge in [0, 0.05) is 19.6 Å². The Hall–Kier alpha value is -4.16. The molecule has 0 aliphatic carbocycles. The van der Waals surface area contributed by atoms with Crippen LogP contribution in [-0.2, 0) is 24.0 Å². The molecule has 0 aliphatic heterocycles. The van der Waals surface area contributed by atoms with Crippen LogP contribution in [0.5, 0.6) is 0 Å². The quantitative estimate of drug-likeness (QED) is 0.0333. The number of alkyl halides is 10. The molecular formula is C23H39F10N7O8. The lowest BCUT2D eigenvalue weighted by Gasteiger charge is -2.10. The van der Waals surface area contributed by atoms with Crippen molar-refractivity contribution in [1.29, 1.82) is 5.41 Å². The van der Waals surface area contributed by atoms with Gasteiger partial charge < -0.3 is 48.1 Å². The van der Waals surface area contributed by atoms with Crippen molar-refractivity contribution in [3.63, 3.8) is 0 Å². The van der Waals surface area contributed by atoms with E-state index in [-0.39, 0.29) is 5.96 Å². The van der Waals surface area contributed by atoms with Gasteiger partial charge in [-0.2, -0.15) is 39.5 Å². The maximum absolute atomic E-state index is 13.8. The summed E-state index contributed by atoms with van der Waals surface area (Å²) in [4.78, 5) is 49.9. The second kappa shape index (κ2) is 27.9. The molecule has 0 rings (SSSR count). The van der Waals surface area contributed by atoms with Crippen LogP contribution in [0.4, 0.5) is 43.9 Å². The minimum Gasteiger partial charge on any atom is -0.475 e. The first-order valence-corrected chi connectivity index (χ1v) is 13.4. The molecule has 0 aromatic carbocycles. The summed E-state index contributed by atoms with van der Waals surface area (Å²) in [7, 11) is 0. The molecule has 0 heterocycles. The number of aliphatic carboxylic acids is 3. The molecule has 0 fully saturated rings. The third-order valence-electron chi connectivity index (χ3n) is 4.54. The van der Waals surface area contributed by atoms with E-state index < -0.39 is 54.4 Å². The summed E-state index contributed by atoms with van der Waals surface area (Å²) >= 11 is 0. The SMILES string of the molecule is N=C(N)NCCCCCCNC(=O)C(F)C(=O)NCCCCNCCCN.O=C(O)C(F)(F)F.O=C(O)C(F)(F)F.O=C(O)C(F)(F)F. The van der Waals surface area contributed by atoms with Crippen molar-refractivity contribution in [2.24, 2.45) is 11.5 Å². The predicted molar refractivity (Wildman–Crippen MR) is 146 cm³/mol. The van der Waals surface area contributed by atoms with Gasteiger partial charge in [0.25, 0.3) is 18.0 Å². The van der Waals surface area contributed by atoms with Crippen molar-refractivity contribution < 1.29 is 83.2 Å². The molecular weight excluding hydrogens is 692 g/mol. The molecule has 1 unspecified atom stereocenters. The Morgan fingerprint density at radius 1 is 0.562 bits per heavy atom. The average molecular weight is 732 g/mol. The summed E-state index contributed by atoms with van der Waals surface area (Å²) in [5.74, 6) is -10.1. The van der Waals surface area contributed by atoms with Crippen LogP contribution in [0.2, 0.25) is 0 Å². The Bertz CT molecular complexity index is 897. The Balaban J connectivity index is -0.000000369. The highest BCUT2D eigenvalue weighted by Crippen LogP contribution is 2.14. The Kier molecular flexibility index (Phi) is 29.5. The number of carboxylic acid groups (broad SMARTS) is 3. The highest BCUT2D eigenvalue weighted by molar-refractivity contribution is 6.03. The number of guanidine groups is 1. The topological polar surface area (TPSA) is 270 Å². The summed E-state index contributed by atoms with van der Waals surface area (Å²) in [6, 6.07) is 0. The first-order chi connectivity index (χ1) is 21.8. The van der Waals surface area contributed by atoms with Gasteiger partial charge in [-0.15, -0.1) is 0 Å². The van der Waals surface area contributed by atoms with Crippen LogP contribution in [-0.4, -0.2) is 115 Å². The van der Waals surface area contributed by atoms with E-state index >= 15 is 0 Å². The zero-order valence-electron chi connectivity index (χ0n) is 25.1. The highest BCUT2D eigenvalue weighted by atomic mass is 19.4. The van der Waals surface area contributed by atoms with Crippen molar-refractivity contribution in [1.82, 2.24) is 21.3 Å². The minimum absolute atomic E-state index is 0.0475. The van der Waals surface area contributed by atoms with Gasteiger partial charge in [0.2, 0.25) is 0 Å². The molecule has 0 aliphatic rings. The third-order valence-corrected chi connectivity index (χ3v) is 4.54. The number of nitrogens with two attached hydrogens (primary N) is 2. The summed E-state index contributed by atoms with van der Waals surface area (Å²) in [6.45, 7) is 3.66. The van der Waals surface area contributed by atoms with E-state index in [2.05, 4.69) is 21.3 Å². The fourth-order valence-electron chi connectivity index (χ4n) is 2.28. The summed E-state index contributed by atoms with van der Waals surface area (Å²) in [5.41, 5.74) is 10.5. The number of rotatable bonds is 17. The van der Waals surface area contributed by atoms with Crippen LogP contribution in [0.1, 0.15) is 44.9 Å². The van der Waals surface area contributed by atoms with Gasteiger partial charge in [-0.25, -0.2) is 18.8 Å². The molecule has 0 spiro atoms. The largest absolute Gasteiger partial charge is 0.490 e. The van der Waals surface area contributed by atoms with Crippen LogP contribution in [0.25, 0.3) is 0 Å². The van der Waals surface area contributed by atoms with Crippen LogP contribution >= 0.6 is 0 Å². The van der Waals surface area contributed by atoms with E-state index in [1.165, 1.54) is 0 Å². The van der Waals surface area contributed by atoms with E-state index in [1.807, 2.05) is 0 Å². The van der Waals surface area contributed by atoms with Gasteiger partial charge in [-0.1, -0.05) is 12.8 Å². The van der Waals surface area contributed by atoms with Gasteiger partial charge >= 0.3 is 36.4 Å². The second-order valence-corrected chi connectivity index (χ2v) is 8.71. The molecule has 15 nitrogen and oxygen atoms in total. The maximum atomic E-state index is 13.8. The number of halogens is 10. The number of nitrogens with one attached hydrogen (secondary N) is 5. The van der Waals surface area contributed by atoms with Gasteiger partial charge in [-0.05, 0) is 51.7 Å². The van der Waals surface area contributed by atoms with Crippen LogP contribution in [0, 0.1) is 5.41 Å². The van der Waals surface area contributed by atoms with Crippen LogP contribution in [0.3, 0.4) is 0 Å². The lowest BCUT2D eigenvalue weighted by atomic mass is 10.2. The minimum atomic E-state index is -5.08. The zero-order chi connectivity index (χ0) is 38.6. The van der Waals surface area contributed by atoms with Gasteiger partial charge in [-0.3, -0.25) is 15.0 Å². The first kappa shape index (κ1) is 50.7. The average Bonchev–Trinajstić information content (AvgIpc) is 2.94. The molecule has 0 saturated heterocycles. The Morgan fingerprint density at radius 2 is 0.833 bits per heavy atom. The molecule has 1 atom stereocenters. The molecule has 48 heavy (non-hydrogen) atoms. The smallest absolute Gasteiger partial charge is 0.475 e. The molecule has 0 saturated carbocycles. The molecule has 0 radical (unpaired) electrons. The molecule has 0 aromatic rings. The van der Waals surface area contributed by atoms with E-state index in [0.717, 1.165) is 45.2 Å². The number of carbonyl (C=O) groups is 5. The van der Waals surface area contributed by atoms with Crippen LogP contribution < -0.4 is 32.7 Å². The lowest BCUT2D eigenvalue weighted by Crippen LogP contribution is -2.43. The van der Waals surface area contributed by atoms with E-state index in [9.17, 15) is 53.5 Å². The monoisotopic (exact) mass is 731 g/mol. The van der Waals surface area contributed by atoms with Gasteiger partial charge in [0.05, 0.1) is 0 Å². The van der Waals surface area contributed by atoms with Crippen molar-refractivity contribution in [2.45, 2.75) is 69.6 Å². The number of hydrogen-bond donors (Lipinski definition) is 10. The van der Waals surface area contributed by atoms with Crippen molar-refractivity contribution in [3.05, 3.63) is 0 Å². The lowest BCUT2D eigenvalue weighted by molar-refractivity contribution is -0.193. The predicted octanol–water partition coefficient (Wildman–Crippen LogP) is 1.22. The number of amides is 2. The summed E-state index contributed by atoms with van der Waals surface area (Å²) in [6.07, 6.45) is -11.6. The first-order valence-electron chi connectivity index (χ1n) is 13.4. The van der Waals surface area contributed by atoms with E-state index in [1.54, 1.807) is 0 Å². The van der Waals surface area contributed by atoms with E-state index in [4.69, 9.17) is 46.6 Å². The Labute approximate surface area is 266 Å². The standard InChI is InChI=1S/C17H36FN7O2.3C2HF3O2/c18-14(16(27)24-12-6-5-9-22-10-7-8-19)15(26)23-11-3-1-2-4-13-25-17(20)21;3*3-2(4,5)1(6)7/h14,22H,1-13,19H2,(H,23,26)(H,24,27)(H4,20,21,25);3*(H,6,7). The fourth-order valence-corrected chi connectivity index (χ4v) is 2.28. The van der Waals surface area contributed by atoms with Gasteiger partial charge in [0.1, 0.15) is 0 Å². The summed E-state index contributed by atoms with van der Waals surface area (Å²) < 4.78 is 109. The molecule has 0 bridgehead atoms. The normalized spacial score (nSPS) is 11.5. The van der Waals surface area contributed by atoms with Crippen molar-refractivity contribution >= 4 is 35.7 Å². The fraction of sp³-hybridized carbons (Fsp3) is 0.739. The maximum Gasteiger partial charge on any atom is 0.490 e. The number of carbonyl (C=O) groups excluding carboxylic acids is 2. The van der Waals surface area contributed by atoms with Crippen molar-refractivity contribution in [3.8, 4) is 0 Å². The summed E-state index contributed by atoms with van der Waals surface area (Å²) in [5, 5.41) is 39.2. The Morgan fingerprint density at radius 3 is 1.12 bits per heavy atom. The number of hydrogen-bond acceptors (Lipinski definition) is 8. The molecule has 284 valence electrons. The van der Waals surface area contributed by atoms with E-state index in [0.29, 0.717) is 39.0 Å². The van der Waals surface area contributed by atoms with Crippen molar-refractivity contribution in [2.75, 3.05) is 39.3 Å². The molecule has 12 N–H and O–H groups in total. The second-order valence-electron chi connectivity index (χ2n) is 8.71. The zero-order valence-corrected chi connectivity index (χ0v) is 25.1. The van der Waals surface area contributed by atoms with Gasteiger partial charge in [0.15, 0.2) is 5.96 Å². The highest BCUT2D eigenvalue weighted by Gasteiger charge is 2.39.